The van der Waals surface area contributed by atoms with Gasteiger partial charge in [0.1, 0.15) is 15.8 Å². The first-order valence-electron chi connectivity index (χ1n) is 6.73. The quantitative estimate of drug-likeness (QED) is 0.668. The minimum absolute atomic E-state index is 0.0662. The van der Waals surface area contributed by atoms with Crippen LogP contribution in [0.15, 0.2) is 69.3 Å². The Morgan fingerprint density at radius 1 is 0.842 bits per heavy atom. The fraction of sp³-hybridized carbons (Fsp3) is 0.176. The van der Waals surface area contributed by atoms with Gasteiger partial charge in [-0.15, -0.1) is 0 Å². The summed E-state index contributed by atoms with van der Waals surface area (Å²) >= 11 is 0. The molecule has 2 heteroatoms. The Hall–Kier alpha value is -1.67. The summed E-state index contributed by atoms with van der Waals surface area (Å²) < 4.78 is 6.05. The molecule has 0 radical (unpaired) electrons. The maximum atomic E-state index is 6.05. The molecule has 0 spiro atoms. The number of rotatable bonds is 1. The fourth-order valence-corrected chi connectivity index (χ4v) is 5.24. The molecule has 2 aromatic carbocycles. The second-order valence-electron chi connectivity index (χ2n) is 4.86. The summed E-state index contributed by atoms with van der Waals surface area (Å²) in [5.41, 5.74) is 0. The Morgan fingerprint density at radius 2 is 1.47 bits per heavy atom. The third-order valence-corrected chi connectivity index (χ3v) is 6.07. The molecule has 4 rings (SSSR count). The van der Waals surface area contributed by atoms with E-state index in [1.165, 1.54) is 29.1 Å². The van der Waals surface area contributed by atoms with Gasteiger partial charge in [-0.25, -0.2) is 0 Å². The van der Waals surface area contributed by atoms with Crippen LogP contribution in [0.5, 0.6) is 11.5 Å². The lowest BCUT2D eigenvalue weighted by Gasteiger charge is -2.19. The first kappa shape index (κ1) is 11.2. The molecule has 0 bridgehead atoms. The van der Waals surface area contributed by atoms with Crippen molar-refractivity contribution in [3.8, 4) is 11.5 Å². The second-order valence-corrected chi connectivity index (χ2v) is 6.88. The molecule has 94 valence electrons. The standard InChI is InChI=1S/C17H15OS/c1-2-8-13(7-1)19-16-11-5-3-9-14(16)18-15-10-4-6-12-17(15)19/h3-7,9-12H,1-2,8H2/q+1. The topological polar surface area (TPSA) is 9.23 Å². The van der Waals surface area contributed by atoms with Gasteiger partial charge in [0.25, 0.3) is 0 Å². The van der Waals surface area contributed by atoms with Crippen molar-refractivity contribution in [3.05, 3.63) is 59.5 Å². The van der Waals surface area contributed by atoms with Crippen LogP contribution < -0.4 is 4.74 Å². The van der Waals surface area contributed by atoms with Gasteiger partial charge in [-0.1, -0.05) is 24.3 Å². The van der Waals surface area contributed by atoms with Gasteiger partial charge in [0, 0.05) is 6.42 Å². The molecule has 1 heterocycles. The molecule has 0 aromatic heterocycles. The zero-order valence-corrected chi connectivity index (χ0v) is 11.5. The van der Waals surface area contributed by atoms with Crippen molar-refractivity contribution >= 4 is 10.9 Å². The molecule has 2 aromatic rings. The van der Waals surface area contributed by atoms with Crippen LogP contribution in [-0.4, -0.2) is 0 Å². The van der Waals surface area contributed by atoms with Gasteiger partial charge in [-0.2, -0.15) is 0 Å². The Balaban J connectivity index is 1.93. The maximum Gasteiger partial charge on any atom is 0.208 e. The summed E-state index contributed by atoms with van der Waals surface area (Å²) in [6, 6.07) is 16.9. The minimum atomic E-state index is 0.0662. The lowest BCUT2D eigenvalue weighted by Crippen LogP contribution is -2.13. The molecule has 1 nitrogen and oxygen atoms in total. The van der Waals surface area contributed by atoms with E-state index in [4.69, 9.17) is 4.74 Å². The van der Waals surface area contributed by atoms with Gasteiger partial charge in [-0.3, -0.25) is 0 Å². The number of allylic oxidation sites excluding steroid dienone is 2. The van der Waals surface area contributed by atoms with Gasteiger partial charge < -0.3 is 4.74 Å². The molecule has 0 saturated carbocycles. The molecular weight excluding hydrogens is 252 g/mol. The SMILES string of the molecule is C1=C([S+]2c3ccccc3Oc3ccccc32)CCC1. The smallest absolute Gasteiger partial charge is 0.208 e. The van der Waals surface area contributed by atoms with Crippen LogP contribution in [-0.2, 0) is 10.9 Å². The van der Waals surface area contributed by atoms with E-state index >= 15 is 0 Å². The van der Waals surface area contributed by atoms with E-state index in [1.54, 1.807) is 4.91 Å². The molecule has 1 aliphatic heterocycles. The molecule has 0 saturated heterocycles. The highest BCUT2D eigenvalue weighted by Gasteiger charge is 2.40. The van der Waals surface area contributed by atoms with Crippen molar-refractivity contribution < 1.29 is 4.74 Å². The fourth-order valence-electron chi connectivity index (χ4n) is 2.75. The second kappa shape index (κ2) is 4.46. The number of hydrogen-bond acceptors (Lipinski definition) is 1. The first-order valence-corrected chi connectivity index (χ1v) is 7.95. The summed E-state index contributed by atoms with van der Waals surface area (Å²) in [6.07, 6.45) is 6.18. The van der Waals surface area contributed by atoms with E-state index in [-0.39, 0.29) is 10.9 Å². The normalized spacial score (nSPS) is 17.4. The average molecular weight is 267 g/mol. The molecule has 0 amide bonds. The van der Waals surface area contributed by atoms with Crippen LogP contribution in [0.4, 0.5) is 0 Å². The van der Waals surface area contributed by atoms with Gasteiger partial charge >= 0.3 is 0 Å². The zero-order valence-electron chi connectivity index (χ0n) is 10.6. The predicted molar refractivity (Wildman–Crippen MR) is 78.8 cm³/mol. The van der Waals surface area contributed by atoms with Gasteiger partial charge in [-0.05, 0) is 43.2 Å². The van der Waals surface area contributed by atoms with Crippen LogP contribution in [0.2, 0.25) is 0 Å². The first-order chi connectivity index (χ1) is 9.43. The maximum absolute atomic E-state index is 6.05. The third-order valence-electron chi connectivity index (χ3n) is 3.62. The van der Waals surface area contributed by atoms with Gasteiger partial charge in [0.15, 0.2) is 11.5 Å². The van der Waals surface area contributed by atoms with Gasteiger partial charge in [0.05, 0.1) is 0 Å². The van der Waals surface area contributed by atoms with Crippen LogP contribution in [0.25, 0.3) is 0 Å². The highest BCUT2D eigenvalue weighted by molar-refractivity contribution is 8.00. The van der Waals surface area contributed by atoms with Crippen molar-refractivity contribution in [2.75, 3.05) is 0 Å². The number of hydrogen-bond donors (Lipinski definition) is 0. The monoisotopic (exact) mass is 267 g/mol. The molecular formula is C17H15OS+. The summed E-state index contributed by atoms with van der Waals surface area (Å²) in [5, 5.41) is 0. The average Bonchev–Trinajstić information content (AvgIpc) is 2.98. The Bertz CT molecular complexity index is 614. The zero-order chi connectivity index (χ0) is 12.7. The van der Waals surface area contributed by atoms with E-state index < -0.39 is 0 Å². The summed E-state index contributed by atoms with van der Waals surface area (Å²) in [7, 11) is 0.0662. The van der Waals surface area contributed by atoms with E-state index in [0.29, 0.717) is 0 Å². The third kappa shape index (κ3) is 1.79. The Morgan fingerprint density at radius 3 is 2.05 bits per heavy atom. The number of ether oxygens (including phenoxy) is 1. The number of para-hydroxylation sites is 2. The van der Waals surface area contributed by atoms with Crippen molar-refractivity contribution in [3.63, 3.8) is 0 Å². The Kier molecular flexibility index (Phi) is 2.63. The highest BCUT2D eigenvalue weighted by Crippen LogP contribution is 2.48. The van der Waals surface area contributed by atoms with E-state index in [2.05, 4.69) is 54.6 Å². The lowest BCUT2D eigenvalue weighted by atomic mass is 10.3. The molecule has 0 N–H and O–H groups in total. The molecule has 1 aliphatic carbocycles. The van der Waals surface area contributed by atoms with Crippen molar-refractivity contribution in [1.82, 2.24) is 0 Å². The van der Waals surface area contributed by atoms with E-state index in [9.17, 15) is 0 Å². The van der Waals surface area contributed by atoms with Crippen molar-refractivity contribution in [2.45, 2.75) is 29.1 Å². The van der Waals surface area contributed by atoms with Crippen molar-refractivity contribution in [1.29, 1.82) is 0 Å². The van der Waals surface area contributed by atoms with Crippen LogP contribution in [0, 0.1) is 0 Å². The summed E-state index contributed by atoms with van der Waals surface area (Å²) in [5.74, 6) is 2.05. The molecule has 0 fully saturated rings. The van der Waals surface area contributed by atoms with Crippen molar-refractivity contribution in [2.24, 2.45) is 0 Å². The predicted octanol–water partition coefficient (Wildman–Crippen LogP) is 4.90. The van der Waals surface area contributed by atoms with E-state index in [1.807, 2.05) is 0 Å². The van der Waals surface area contributed by atoms with E-state index in [0.717, 1.165) is 11.5 Å². The Labute approximate surface area is 116 Å². The molecule has 0 unspecified atom stereocenters. The summed E-state index contributed by atoms with van der Waals surface area (Å²) in [6.45, 7) is 0. The van der Waals surface area contributed by atoms with Gasteiger partial charge in [0.2, 0.25) is 9.79 Å². The number of fused-ring (bicyclic) bond motifs is 2. The summed E-state index contributed by atoms with van der Waals surface area (Å²) in [4.78, 5) is 4.27. The minimum Gasteiger partial charge on any atom is -0.447 e. The molecule has 19 heavy (non-hydrogen) atoms. The molecule has 2 aliphatic rings. The highest BCUT2D eigenvalue weighted by atomic mass is 32.2. The van der Waals surface area contributed by atoms with Crippen LogP contribution in [0.1, 0.15) is 19.3 Å². The molecule has 0 atom stereocenters. The lowest BCUT2D eigenvalue weighted by molar-refractivity contribution is 0.453. The van der Waals surface area contributed by atoms with Crippen LogP contribution >= 0.6 is 0 Å². The largest absolute Gasteiger partial charge is 0.447 e. The number of benzene rings is 2. The van der Waals surface area contributed by atoms with Crippen LogP contribution in [0.3, 0.4) is 0 Å².